The number of aromatic nitrogens is 1. The van der Waals surface area contributed by atoms with Gasteiger partial charge in [0.1, 0.15) is 5.76 Å². The number of β-amino-alcohol motifs (C(OH)–C–C–N with tert-alkyl or cyclic N) is 1. The summed E-state index contributed by atoms with van der Waals surface area (Å²) in [5.41, 5.74) is 0.00661. The zero-order valence-corrected chi connectivity index (χ0v) is 10.9. The van der Waals surface area contributed by atoms with Gasteiger partial charge in [-0.1, -0.05) is 20.8 Å². The zero-order chi connectivity index (χ0) is 12.5. The molecule has 4 nitrogen and oxygen atoms in total. The van der Waals surface area contributed by atoms with E-state index in [4.69, 9.17) is 4.42 Å². The van der Waals surface area contributed by atoms with E-state index in [1.165, 1.54) is 0 Å². The number of oxazole rings is 1. The summed E-state index contributed by atoms with van der Waals surface area (Å²) in [7, 11) is 0. The van der Waals surface area contributed by atoms with Crippen molar-refractivity contribution in [3.8, 4) is 0 Å². The van der Waals surface area contributed by atoms with E-state index in [1.54, 1.807) is 0 Å². The molecule has 0 bridgehead atoms. The Morgan fingerprint density at radius 2 is 2.29 bits per heavy atom. The molecule has 0 saturated carbocycles. The van der Waals surface area contributed by atoms with Gasteiger partial charge in [-0.3, -0.25) is 4.90 Å². The van der Waals surface area contributed by atoms with Crippen molar-refractivity contribution in [1.29, 1.82) is 0 Å². The van der Waals surface area contributed by atoms with Crippen molar-refractivity contribution in [1.82, 2.24) is 9.88 Å². The maximum absolute atomic E-state index is 9.60. The summed E-state index contributed by atoms with van der Waals surface area (Å²) in [4.78, 5) is 6.51. The van der Waals surface area contributed by atoms with Crippen molar-refractivity contribution in [2.24, 2.45) is 0 Å². The molecule has 17 heavy (non-hydrogen) atoms. The molecule has 1 aliphatic heterocycles. The minimum atomic E-state index is -0.194. The number of piperidine rings is 1. The highest BCUT2D eigenvalue weighted by Gasteiger charge is 2.22. The molecule has 0 spiro atoms. The molecule has 0 amide bonds. The number of likely N-dealkylation sites (tertiary alicyclic amines) is 1. The third-order valence-electron chi connectivity index (χ3n) is 3.13. The van der Waals surface area contributed by atoms with Crippen LogP contribution in [0.1, 0.15) is 45.3 Å². The molecule has 96 valence electrons. The standard InChI is InChI=1S/C13H22N2O2/c1-13(2,3)11-7-14-12(17-11)9-15-6-4-5-10(16)8-15/h7,10,16H,4-6,8-9H2,1-3H3/t10-/m0/s1. The number of aliphatic hydroxyl groups is 1. The van der Waals surface area contributed by atoms with Gasteiger partial charge < -0.3 is 9.52 Å². The van der Waals surface area contributed by atoms with E-state index in [0.29, 0.717) is 6.54 Å². The summed E-state index contributed by atoms with van der Waals surface area (Å²) >= 11 is 0. The van der Waals surface area contributed by atoms with E-state index in [2.05, 4.69) is 30.7 Å². The lowest BCUT2D eigenvalue weighted by Gasteiger charge is -2.28. The van der Waals surface area contributed by atoms with Gasteiger partial charge in [-0.05, 0) is 19.4 Å². The summed E-state index contributed by atoms with van der Waals surface area (Å²) in [5.74, 6) is 1.68. The molecule has 0 aliphatic carbocycles. The van der Waals surface area contributed by atoms with Crippen molar-refractivity contribution in [2.45, 2.75) is 51.7 Å². The summed E-state index contributed by atoms with van der Waals surface area (Å²) < 4.78 is 5.75. The maximum atomic E-state index is 9.60. The van der Waals surface area contributed by atoms with Gasteiger partial charge in [-0.25, -0.2) is 4.98 Å². The van der Waals surface area contributed by atoms with Crippen LogP contribution in [0.2, 0.25) is 0 Å². The number of aliphatic hydroxyl groups excluding tert-OH is 1. The second-order valence-corrected chi connectivity index (χ2v) is 5.90. The number of hydrogen-bond donors (Lipinski definition) is 1. The van der Waals surface area contributed by atoms with Crippen LogP contribution in [0, 0.1) is 0 Å². The predicted molar refractivity (Wildman–Crippen MR) is 65.7 cm³/mol. The first-order valence-corrected chi connectivity index (χ1v) is 6.31. The van der Waals surface area contributed by atoms with Crippen molar-refractivity contribution < 1.29 is 9.52 Å². The van der Waals surface area contributed by atoms with E-state index in [9.17, 15) is 5.11 Å². The summed E-state index contributed by atoms with van der Waals surface area (Å²) in [6, 6.07) is 0. The normalized spacial score (nSPS) is 22.9. The molecule has 1 aliphatic rings. The van der Waals surface area contributed by atoms with Crippen molar-refractivity contribution >= 4 is 0 Å². The zero-order valence-electron chi connectivity index (χ0n) is 10.9. The Morgan fingerprint density at radius 3 is 2.88 bits per heavy atom. The van der Waals surface area contributed by atoms with Crippen molar-refractivity contribution in [3.05, 3.63) is 17.8 Å². The van der Waals surface area contributed by atoms with Crippen LogP contribution >= 0.6 is 0 Å². The topological polar surface area (TPSA) is 49.5 Å². The lowest BCUT2D eigenvalue weighted by atomic mass is 9.94. The molecule has 1 atom stereocenters. The first-order valence-electron chi connectivity index (χ1n) is 6.31. The Bertz CT molecular complexity index is 368. The highest BCUT2D eigenvalue weighted by atomic mass is 16.4. The molecule has 4 heteroatoms. The van der Waals surface area contributed by atoms with Crippen molar-refractivity contribution in [3.63, 3.8) is 0 Å². The highest BCUT2D eigenvalue weighted by Crippen LogP contribution is 2.23. The minimum absolute atomic E-state index is 0.00661. The third kappa shape index (κ3) is 3.30. The first-order chi connectivity index (χ1) is 7.95. The molecule has 1 aromatic heterocycles. The number of rotatable bonds is 2. The second kappa shape index (κ2) is 4.78. The molecule has 1 saturated heterocycles. The van der Waals surface area contributed by atoms with Gasteiger partial charge in [-0.15, -0.1) is 0 Å². The van der Waals surface area contributed by atoms with Crippen LogP contribution in [0.25, 0.3) is 0 Å². The van der Waals surface area contributed by atoms with Crippen LogP contribution in [0.15, 0.2) is 10.6 Å². The minimum Gasteiger partial charge on any atom is -0.444 e. The quantitative estimate of drug-likeness (QED) is 0.855. The predicted octanol–water partition coefficient (Wildman–Crippen LogP) is 1.93. The lowest BCUT2D eigenvalue weighted by Crippen LogP contribution is -2.37. The Hall–Kier alpha value is -0.870. The molecule has 2 rings (SSSR count). The van der Waals surface area contributed by atoms with Gasteiger partial charge in [0.15, 0.2) is 0 Å². The number of nitrogens with zero attached hydrogens (tertiary/aromatic N) is 2. The fraction of sp³-hybridized carbons (Fsp3) is 0.769. The molecule has 2 heterocycles. The van der Waals surface area contributed by atoms with Crippen LogP contribution in [0.3, 0.4) is 0 Å². The largest absolute Gasteiger partial charge is 0.444 e. The monoisotopic (exact) mass is 238 g/mol. The van der Waals surface area contributed by atoms with Crippen LogP contribution in [0.5, 0.6) is 0 Å². The third-order valence-corrected chi connectivity index (χ3v) is 3.13. The highest BCUT2D eigenvalue weighted by molar-refractivity contribution is 5.06. The smallest absolute Gasteiger partial charge is 0.208 e. The van der Waals surface area contributed by atoms with Crippen LogP contribution in [-0.4, -0.2) is 34.2 Å². The van der Waals surface area contributed by atoms with E-state index in [1.807, 2.05) is 6.20 Å². The average Bonchev–Trinajstić information content (AvgIpc) is 2.65. The Kier molecular flexibility index (Phi) is 3.54. The average molecular weight is 238 g/mol. The van der Waals surface area contributed by atoms with Crippen LogP contribution in [0.4, 0.5) is 0 Å². The van der Waals surface area contributed by atoms with Gasteiger partial charge in [0.25, 0.3) is 0 Å². The molecule has 0 unspecified atom stereocenters. The molecule has 1 N–H and O–H groups in total. The van der Waals surface area contributed by atoms with E-state index in [0.717, 1.165) is 37.6 Å². The lowest BCUT2D eigenvalue weighted by molar-refractivity contribution is 0.0620. The Labute approximate surface area is 103 Å². The Balaban J connectivity index is 1.97. The van der Waals surface area contributed by atoms with Gasteiger partial charge in [0.2, 0.25) is 5.89 Å². The summed E-state index contributed by atoms with van der Waals surface area (Å²) in [6.07, 6.45) is 3.58. The van der Waals surface area contributed by atoms with Crippen LogP contribution < -0.4 is 0 Å². The molecule has 0 aromatic carbocycles. The SMILES string of the molecule is CC(C)(C)c1cnc(CN2CCC[C@H](O)C2)o1. The van der Waals surface area contributed by atoms with Crippen LogP contribution in [-0.2, 0) is 12.0 Å². The second-order valence-electron chi connectivity index (χ2n) is 5.90. The molecular formula is C13H22N2O2. The van der Waals surface area contributed by atoms with Crippen molar-refractivity contribution in [2.75, 3.05) is 13.1 Å². The van der Waals surface area contributed by atoms with Gasteiger partial charge >= 0.3 is 0 Å². The van der Waals surface area contributed by atoms with E-state index < -0.39 is 0 Å². The fourth-order valence-corrected chi connectivity index (χ4v) is 2.10. The van der Waals surface area contributed by atoms with E-state index >= 15 is 0 Å². The van der Waals surface area contributed by atoms with Gasteiger partial charge in [0, 0.05) is 12.0 Å². The summed E-state index contributed by atoms with van der Waals surface area (Å²) in [6.45, 7) is 8.79. The summed E-state index contributed by atoms with van der Waals surface area (Å²) in [5, 5.41) is 9.60. The maximum Gasteiger partial charge on any atom is 0.208 e. The van der Waals surface area contributed by atoms with E-state index in [-0.39, 0.29) is 11.5 Å². The molecule has 0 radical (unpaired) electrons. The van der Waals surface area contributed by atoms with Gasteiger partial charge in [-0.2, -0.15) is 0 Å². The van der Waals surface area contributed by atoms with Gasteiger partial charge in [0.05, 0.1) is 18.8 Å². The fourth-order valence-electron chi connectivity index (χ4n) is 2.10. The molecule has 1 fully saturated rings. The first kappa shape index (κ1) is 12.6. The Morgan fingerprint density at radius 1 is 1.53 bits per heavy atom. The molecule has 1 aromatic rings. The molecular weight excluding hydrogens is 216 g/mol. The number of hydrogen-bond acceptors (Lipinski definition) is 4.